The van der Waals surface area contributed by atoms with Crippen LogP contribution in [0, 0.1) is 19.7 Å². The lowest BCUT2D eigenvalue weighted by Crippen LogP contribution is -2.04. The van der Waals surface area contributed by atoms with Crippen molar-refractivity contribution < 1.29 is 4.39 Å². The number of thiophene rings is 1. The van der Waals surface area contributed by atoms with E-state index in [4.69, 9.17) is 11.6 Å². The highest BCUT2D eigenvalue weighted by Crippen LogP contribution is 2.28. The van der Waals surface area contributed by atoms with Gasteiger partial charge in [-0.3, -0.25) is 0 Å². The number of alkyl halides is 1. The first-order chi connectivity index (χ1) is 9.95. The second kappa shape index (κ2) is 5.43. The highest BCUT2D eigenvalue weighted by atomic mass is 35.5. The predicted molar refractivity (Wildman–Crippen MR) is 86.9 cm³/mol. The average Bonchev–Trinajstić information content (AvgIpc) is 2.96. The molecule has 0 N–H and O–H groups in total. The number of imidazole rings is 1. The number of aryl methyl sites for hydroxylation is 2. The van der Waals surface area contributed by atoms with Gasteiger partial charge < -0.3 is 4.57 Å². The van der Waals surface area contributed by atoms with Crippen LogP contribution in [0.1, 0.15) is 33.4 Å². The van der Waals surface area contributed by atoms with E-state index in [0.29, 0.717) is 17.6 Å². The molecule has 0 aliphatic heterocycles. The first-order valence-electron chi connectivity index (χ1n) is 6.81. The third-order valence-electron chi connectivity index (χ3n) is 3.52. The molecule has 5 heteroatoms. The van der Waals surface area contributed by atoms with Gasteiger partial charge in [0.25, 0.3) is 0 Å². The van der Waals surface area contributed by atoms with Crippen molar-refractivity contribution >= 4 is 34.0 Å². The Bertz CT molecular complexity index is 804. The maximum Gasteiger partial charge on any atom is 0.128 e. The second-order valence-corrected chi connectivity index (χ2v) is 7.30. The molecule has 21 heavy (non-hydrogen) atoms. The van der Waals surface area contributed by atoms with E-state index in [1.54, 1.807) is 18.3 Å². The van der Waals surface area contributed by atoms with Gasteiger partial charge in [-0.2, -0.15) is 0 Å². The summed E-state index contributed by atoms with van der Waals surface area (Å²) in [4.78, 5) is 7.03. The van der Waals surface area contributed by atoms with Crippen molar-refractivity contribution in [1.29, 1.82) is 0 Å². The van der Waals surface area contributed by atoms with E-state index in [-0.39, 0.29) is 11.2 Å². The van der Waals surface area contributed by atoms with Crippen LogP contribution in [0.4, 0.5) is 4.39 Å². The summed E-state index contributed by atoms with van der Waals surface area (Å²) < 4.78 is 15.8. The summed E-state index contributed by atoms with van der Waals surface area (Å²) in [5, 5.41) is -0.221. The minimum Gasteiger partial charge on any atom is -0.321 e. The Morgan fingerprint density at radius 3 is 2.71 bits per heavy atom. The number of benzene rings is 1. The topological polar surface area (TPSA) is 17.8 Å². The third kappa shape index (κ3) is 2.70. The van der Waals surface area contributed by atoms with Gasteiger partial charge in [-0.05, 0) is 44.5 Å². The molecule has 0 bridgehead atoms. The minimum absolute atomic E-state index is 0.221. The fraction of sp³-hybridized carbons (Fsp3) is 0.312. The highest BCUT2D eigenvalue weighted by molar-refractivity contribution is 7.11. The third-order valence-corrected chi connectivity index (χ3v) is 4.70. The molecule has 1 aromatic carbocycles. The van der Waals surface area contributed by atoms with Crippen LogP contribution < -0.4 is 0 Å². The Morgan fingerprint density at radius 1 is 1.33 bits per heavy atom. The molecule has 0 saturated carbocycles. The lowest BCUT2D eigenvalue weighted by Gasteiger charge is -2.09. The molecular formula is C16H16ClFN2S. The number of hydrogen-bond acceptors (Lipinski definition) is 2. The van der Waals surface area contributed by atoms with E-state index >= 15 is 0 Å². The molecular weight excluding hydrogens is 307 g/mol. The number of aromatic nitrogens is 2. The van der Waals surface area contributed by atoms with Gasteiger partial charge >= 0.3 is 0 Å². The Labute approximate surface area is 132 Å². The molecule has 3 rings (SSSR count). The summed E-state index contributed by atoms with van der Waals surface area (Å²) in [6, 6.07) is 7.56. The number of rotatable bonds is 3. The lowest BCUT2D eigenvalue weighted by molar-refractivity contribution is 0.620. The fourth-order valence-electron chi connectivity index (χ4n) is 2.46. The molecule has 2 heterocycles. The molecule has 0 aliphatic rings. The maximum absolute atomic E-state index is 13.7. The highest BCUT2D eigenvalue weighted by Gasteiger charge is 2.17. The Kier molecular flexibility index (Phi) is 3.76. The molecule has 0 amide bonds. The minimum atomic E-state index is -0.229. The van der Waals surface area contributed by atoms with E-state index in [2.05, 4.69) is 28.6 Å². The summed E-state index contributed by atoms with van der Waals surface area (Å²) in [5.41, 5.74) is 2.22. The van der Waals surface area contributed by atoms with Crippen LogP contribution in [0.3, 0.4) is 0 Å². The Morgan fingerprint density at radius 2 is 2.10 bits per heavy atom. The molecule has 0 radical (unpaired) electrons. The number of hydrogen-bond donors (Lipinski definition) is 0. The zero-order valence-corrected chi connectivity index (χ0v) is 13.7. The Balaban J connectivity index is 2.17. The first-order valence-corrected chi connectivity index (χ1v) is 8.06. The zero-order valence-electron chi connectivity index (χ0n) is 12.2. The van der Waals surface area contributed by atoms with E-state index in [9.17, 15) is 4.39 Å². The summed E-state index contributed by atoms with van der Waals surface area (Å²) in [6.07, 6.45) is 0. The molecule has 3 aromatic rings. The molecule has 0 aliphatic carbocycles. The summed E-state index contributed by atoms with van der Waals surface area (Å²) >= 11 is 8.01. The zero-order chi connectivity index (χ0) is 15.1. The summed E-state index contributed by atoms with van der Waals surface area (Å²) in [6.45, 7) is 6.46. The summed E-state index contributed by atoms with van der Waals surface area (Å²) in [5.74, 6) is 0.551. The molecule has 1 atom stereocenters. The van der Waals surface area contributed by atoms with Crippen LogP contribution in [0.5, 0.6) is 0 Å². The lowest BCUT2D eigenvalue weighted by atomic mass is 10.2. The molecule has 2 nitrogen and oxygen atoms in total. The standard InChI is InChI=1S/C16H16ClFN2S/c1-9-6-15-14(7-13(9)18)19-16(11(3)17)20(15)8-12-5-4-10(2)21-12/h4-7,11H,8H2,1-3H3. The normalized spacial score (nSPS) is 13.0. The molecule has 1 unspecified atom stereocenters. The average molecular weight is 323 g/mol. The maximum atomic E-state index is 13.7. The molecule has 2 aromatic heterocycles. The van der Waals surface area contributed by atoms with Crippen LogP contribution in [0.2, 0.25) is 0 Å². The first kappa shape index (κ1) is 14.5. The molecule has 0 fully saturated rings. The van der Waals surface area contributed by atoms with Gasteiger partial charge in [0.1, 0.15) is 11.6 Å². The van der Waals surface area contributed by atoms with Gasteiger partial charge in [0, 0.05) is 15.8 Å². The SMILES string of the molecule is Cc1ccc(Cn2c(C(C)Cl)nc3cc(F)c(C)cc32)s1. The molecule has 110 valence electrons. The predicted octanol–water partition coefficient (Wildman–Crippen LogP) is 5.20. The van der Waals surface area contributed by atoms with Crippen molar-refractivity contribution in [2.45, 2.75) is 32.7 Å². The van der Waals surface area contributed by atoms with E-state index in [0.717, 1.165) is 11.3 Å². The van der Waals surface area contributed by atoms with Gasteiger partial charge in [0.05, 0.1) is 23.0 Å². The van der Waals surface area contributed by atoms with Crippen molar-refractivity contribution in [3.63, 3.8) is 0 Å². The quantitative estimate of drug-likeness (QED) is 0.606. The molecule has 0 saturated heterocycles. The van der Waals surface area contributed by atoms with Crippen LogP contribution in [0.15, 0.2) is 24.3 Å². The number of fused-ring (bicyclic) bond motifs is 1. The van der Waals surface area contributed by atoms with Crippen LogP contribution in [-0.2, 0) is 6.54 Å². The van der Waals surface area contributed by atoms with Crippen LogP contribution in [-0.4, -0.2) is 9.55 Å². The van der Waals surface area contributed by atoms with Gasteiger partial charge in [0.2, 0.25) is 0 Å². The Hall–Kier alpha value is -1.39. The smallest absolute Gasteiger partial charge is 0.128 e. The number of halogens is 2. The van der Waals surface area contributed by atoms with Crippen LogP contribution in [0.25, 0.3) is 11.0 Å². The van der Waals surface area contributed by atoms with Gasteiger partial charge in [-0.15, -0.1) is 22.9 Å². The van der Waals surface area contributed by atoms with E-state index < -0.39 is 0 Å². The van der Waals surface area contributed by atoms with E-state index in [1.165, 1.54) is 15.8 Å². The van der Waals surface area contributed by atoms with Crippen LogP contribution >= 0.6 is 22.9 Å². The number of nitrogens with zero attached hydrogens (tertiary/aromatic N) is 2. The van der Waals surface area contributed by atoms with Gasteiger partial charge in [0.15, 0.2) is 0 Å². The van der Waals surface area contributed by atoms with E-state index in [1.807, 2.05) is 13.0 Å². The summed E-state index contributed by atoms with van der Waals surface area (Å²) in [7, 11) is 0. The van der Waals surface area contributed by atoms with Crippen molar-refractivity contribution in [3.8, 4) is 0 Å². The van der Waals surface area contributed by atoms with Gasteiger partial charge in [-0.25, -0.2) is 9.37 Å². The van der Waals surface area contributed by atoms with Crippen molar-refractivity contribution in [1.82, 2.24) is 9.55 Å². The monoisotopic (exact) mass is 322 g/mol. The fourth-order valence-corrected chi connectivity index (χ4v) is 3.51. The van der Waals surface area contributed by atoms with Crippen molar-refractivity contribution in [2.75, 3.05) is 0 Å². The van der Waals surface area contributed by atoms with Crippen molar-refractivity contribution in [3.05, 3.63) is 51.2 Å². The largest absolute Gasteiger partial charge is 0.321 e. The second-order valence-electron chi connectivity index (χ2n) is 5.27. The van der Waals surface area contributed by atoms with Gasteiger partial charge in [-0.1, -0.05) is 0 Å². The molecule has 0 spiro atoms. The van der Waals surface area contributed by atoms with Crippen molar-refractivity contribution in [2.24, 2.45) is 0 Å².